The van der Waals surface area contributed by atoms with E-state index >= 15 is 0 Å². The standard InChI is InChI=1S/C24H26ClN3O5S.C19H15ClFNO5S.C5H12N2/c1-26-10-12-27(13-11-26)20-15-19(24(28(29)30)22(16-20)33-14-9-25)17-34(31,32)23-8-4-6-18-5-2-3-7-21(18)23;20-8-9-27-17-11-15(21)10-14(19(17)22(23)24)12-28(25,26)18-7-3-5-13-4-1-2-6-16(13)18;1-7-4-2-6-3-5-7/h2-8,15-16H,9-14,17H2,1H3;1-7,10-11H,8-9,12H2;6H,2-5H2,1H3. The number of piperazine rings is 2. The summed E-state index contributed by atoms with van der Waals surface area (Å²) in [6.45, 7) is 7.84. The van der Waals surface area contributed by atoms with Crippen LogP contribution >= 0.6 is 23.2 Å². The lowest BCUT2D eigenvalue weighted by atomic mass is 10.1. The van der Waals surface area contributed by atoms with Crippen LogP contribution in [0.15, 0.2) is 119 Å². The average molecular weight is 1030 g/mol. The van der Waals surface area contributed by atoms with Crippen molar-refractivity contribution in [2.75, 3.05) is 96.3 Å². The molecule has 8 rings (SSSR count). The van der Waals surface area contributed by atoms with Crippen molar-refractivity contribution in [3.63, 3.8) is 0 Å². The monoisotopic (exact) mass is 1030 g/mol. The highest BCUT2D eigenvalue weighted by atomic mass is 35.5. The number of rotatable bonds is 15. The molecule has 0 spiro atoms. The molecule has 21 heteroatoms. The fourth-order valence-corrected chi connectivity index (χ4v) is 11.3. The molecule has 69 heavy (non-hydrogen) atoms. The van der Waals surface area contributed by atoms with Crippen molar-refractivity contribution in [1.82, 2.24) is 15.1 Å². The van der Waals surface area contributed by atoms with E-state index < -0.39 is 52.5 Å². The quantitative estimate of drug-likeness (QED) is 0.0589. The minimum absolute atomic E-state index is 0.0207. The first kappa shape index (κ1) is 52.7. The average Bonchev–Trinajstić information content (AvgIpc) is 3.32. The number of nitro benzene ring substituents is 2. The number of nitro groups is 2. The molecule has 2 heterocycles. The summed E-state index contributed by atoms with van der Waals surface area (Å²) in [5.41, 5.74) is -0.421. The van der Waals surface area contributed by atoms with Crippen molar-refractivity contribution in [1.29, 1.82) is 0 Å². The van der Waals surface area contributed by atoms with E-state index in [1.54, 1.807) is 72.8 Å². The maximum absolute atomic E-state index is 14.0. The minimum atomic E-state index is -4.00. The lowest BCUT2D eigenvalue weighted by Gasteiger charge is -2.34. The molecular formula is C48H53Cl2FN6O10S2. The summed E-state index contributed by atoms with van der Waals surface area (Å²) >= 11 is 11.3. The first-order valence-corrected chi connectivity index (χ1v) is 26.3. The van der Waals surface area contributed by atoms with Gasteiger partial charge in [0.1, 0.15) is 19.0 Å². The predicted octanol–water partition coefficient (Wildman–Crippen LogP) is 8.09. The van der Waals surface area contributed by atoms with Gasteiger partial charge in [-0.15, -0.1) is 23.2 Å². The molecule has 0 unspecified atom stereocenters. The van der Waals surface area contributed by atoms with Gasteiger partial charge in [0.05, 0.1) is 54.0 Å². The molecule has 0 aromatic heterocycles. The second-order valence-corrected chi connectivity index (χ2v) is 20.9. The highest BCUT2D eigenvalue weighted by Gasteiger charge is 2.31. The van der Waals surface area contributed by atoms with Gasteiger partial charge in [-0.1, -0.05) is 72.8 Å². The zero-order valence-corrected chi connectivity index (χ0v) is 41.2. The van der Waals surface area contributed by atoms with Crippen LogP contribution in [0.2, 0.25) is 0 Å². The molecule has 368 valence electrons. The third-order valence-corrected chi connectivity index (χ3v) is 15.1. The Labute approximate surface area is 410 Å². The first-order chi connectivity index (χ1) is 33.0. The van der Waals surface area contributed by atoms with Gasteiger partial charge in [-0.05, 0) is 49.1 Å². The minimum Gasteiger partial charge on any atom is -0.485 e. The summed E-state index contributed by atoms with van der Waals surface area (Å²) in [4.78, 5) is 29.0. The van der Waals surface area contributed by atoms with E-state index in [0.29, 0.717) is 21.8 Å². The number of nitrogens with one attached hydrogen (secondary N) is 1. The van der Waals surface area contributed by atoms with Crippen LogP contribution in [0.3, 0.4) is 0 Å². The lowest BCUT2D eigenvalue weighted by Crippen LogP contribution is -2.44. The Kier molecular flexibility index (Phi) is 18.5. The van der Waals surface area contributed by atoms with Crippen LogP contribution in [0.25, 0.3) is 21.5 Å². The summed E-state index contributed by atoms with van der Waals surface area (Å²) in [5.74, 6) is -2.23. The number of anilines is 1. The molecular weight excluding hydrogens is 975 g/mol. The Morgan fingerprint density at radius 2 is 1.04 bits per heavy atom. The zero-order chi connectivity index (χ0) is 49.7. The van der Waals surface area contributed by atoms with Gasteiger partial charge in [-0.3, -0.25) is 20.2 Å². The van der Waals surface area contributed by atoms with E-state index in [-0.39, 0.29) is 63.1 Å². The highest BCUT2D eigenvalue weighted by Crippen LogP contribution is 2.39. The van der Waals surface area contributed by atoms with Crippen molar-refractivity contribution in [3.8, 4) is 11.5 Å². The molecule has 0 saturated carbocycles. The fourth-order valence-electron chi connectivity index (χ4n) is 7.95. The number of halogens is 3. The lowest BCUT2D eigenvalue weighted by molar-refractivity contribution is -0.386. The SMILES string of the molecule is CN1CCN(c2cc(CS(=O)(=O)c3cccc4ccccc34)c([N+](=O)[O-])c(OCCCl)c2)CC1.CN1CCNCC1.O=[N+]([O-])c1c(CS(=O)(=O)c2cccc3ccccc23)cc(F)cc1OCCCl. The maximum Gasteiger partial charge on any atom is 0.315 e. The van der Waals surface area contributed by atoms with Gasteiger partial charge in [0, 0.05) is 81.0 Å². The van der Waals surface area contributed by atoms with Gasteiger partial charge in [0.25, 0.3) is 0 Å². The highest BCUT2D eigenvalue weighted by molar-refractivity contribution is 7.91. The third-order valence-electron chi connectivity index (χ3n) is 11.4. The van der Waals surface area contributed by atoms with Gasteiger partial charge in [0.2, 0.25) is 0 Å². The molecule has 2 aliphatic rings. The number of likely N-dealkylation sites (N-methyl/N-ethyl adjacent to an activating group) is 2. The summed E-state index contributed by atoms with van der Waals surface area (Å²) in [5, 5.41) is 29.4. The molecule has 1 N–H and O–H groups in total. The number of ether oxygens (including phenoxy) is 2. The van der Waals surface area contributed by atoms with Gasteiger partial charge >= 0.3 is 11.4 Å². The molecule has 0 aliphatic carbocycles. The molecule has 6 aromatic carbocycles. The second kappa shape index (κ2) is 24.2. The maximum atomic E-state index is 14.0. The van der Waals surface area contributed by atoms with Crippen LogP contribution in [0, 0.1) is 26.0 Å². The first-order valence-electron chi connectivity index (χ1n) is 21.9. The molecule has 16 nitrogen and oxygen atoms in total. The van der Waals surface area contributed by atoms with Crippen LogP contribution < -0.4 is 19.7 Å². The van der Waals surface area contributed by atoms with Crippen molar-refractivity contribution in [3.05, 3.63) is 146 Å². The van der Waals surface area contributed by atoms with Gasteiger partial charge in [-0.25, -0.2) is 21.2 Å². The summed E-state index contributed by atoms with van der Waals surface area (Å²) < 4.78 is 77.9. The largest absolute Gasteiger partial charge is 0.485 e. The molecule has 0 bridgehead atoms. The van der Waals surface area contributed by atoms with Crippen LogP contribution in [-0.2, 0) is 31.2 Å². The molecule has 2 aliphatic heterocycles. The van der Waals surface area contributed by atoms with Gasteiger partial charge in [0.15, 0.2) is 31.2 Å². The molecule has 2 fully saturated rings. The molecule has 2 saturated heterocycles. The summed E-state index contributed by atoms with van der Waals surface area (Å²) in [6.07, 6.45) is 0. The summed E-state index contributed by atoms with van der Waals surface area (Å²) in [7, 11) is -3.72. The zero-order valence-electron chi connectivity index (χ0n) is 38.1. The van der Waals surface area contributed by atoms with Crippen molar-refractivity contribution in [2.45, 2.75) is 21.3 Å². The van der Waals surface area contributed by atoms with Crippen LogP contribution in [0.5, 0.6) is 11.5 Å². The van der Waals surface area contributed by atoms with E-state index in [0.717, 1.165) is 56.8 Å². The Balaban J connectivity index is 0.000000201. The number of benzene rings is 6. The normalized spacial score (nSPS) is 14.6. The summed E-state index contributed by atoms with van der Waals surface area (Å²) in [6, 6.07) is 28.8. The molecule has 0 amide bonds. The smallest absolute Gasteiger partial charge is 0.315 e. The number of alkyl halides is 2. The Bertz CT molecular complexity index is 2980. The number of hydrogen-bond donors (Lipinski definition) is 1. The van der Waals surface area contributed by atoms with Crippen LogP contribution in [0.4, 0.5) is 21.5 Å². The van der Waals surface area contributed by atoms with Crippen molar-refractivity contribution >= 4 is 81.5 Å². The Morgan fingerprint density at radius 3 is 1.49 bits per heavy atom. The number of fused-ring (bicyclic) bond motifs is 2. The van der Waals surface area contributed by atoms with E-state index in [2.05, 4.69) is 27.1 Å². The van der Waals surface area contributed by atoms with Gasteiger partial charge < -0.3 is 29.5 Å². The fraction of sp³-hybridized carbons (Fsp3) is 0.333. The van der Waals surface area contributed by atoms with Crippen molar-refractivity contribution in [2.24, 2.45) is 0 Å². The van der Waals surface area contributed by atoms with Crippen LogP contribution in [-0.4, -0.2) is 128 Å². The third kappa shape index (κ3) is 13.8. The van der Waals surface area contributed by atoms with Gasteiger partial charge in [-0.2, -0.15) is 0 Å². The number of hydrogen-bond acceptors (Lipinski definition) is 14. The topological polar surface area (TPSA) is 195 Å². The van der Waals surface area contributed by atoms with E-state index in [1.165, 1.54) is 19.2 Å². The molecule has 6 aromatic rings. The Morgan fingerprint density at radius 1 is 0.609 bits per heavy atom. The predicted molar refractivity (Wildman–Crippen MR) is 268 cm³/mol. The number of sulfone groups is 2. The molecule has 0 radical (unpaired) electrons. The van der Waals surface area contributed by atoms with E-state index in [1.807, 2.05) is 25.2 Å². The van der Waals surface area contributed by atoms with Crippen molar-refractivity contribution < 1.29 is 40.5 Å². The number of nitrogens with zero attached hydrogens (tertiary/aromatic N) is 5. The molecule has 0 atom stereocenters. The van der Waals surface area contributed by atoms with Crippen LogP contribution in [0.1, 0.15) is 11.1 Å². The Hall–Kier alpha value is -5.67. The second-order valence-electron chi connectivity index (χ2n) is 16.3. The van der Waals surface area contributed by atoms with E-state index in [9.17, 15) is 41.5 Å². The van der Waals surface area contributed by atoms with E-state index in [4.69, 9.17) is 32.7 Å².